The van der Waals surface area contributed by atoms with Gasteiger partial charge in [-0.2, -0.15) is 5.10 Å². The number of halogens is 1. The Labute approximate surface area is 160 Å². The van der Waals surface area contributed by atoms with E-state index in [0.29, 0.717) is 23.7 Å². The molecule has 1 N–H and O–H groups in total. The number of nitrogens with one attached hydrogen (secondary N) is 1. The third-order valence-corrected chi connectivity index (χ3v) is 3.78. The number of rotatable bonds is 6. The van der Waals surface area contributed by atoms with Crippen molar-refractivity contribution in [2.75, 3.05) is 6.61 Å². The van der Waals surface area contributed by atoms with Crippen molar-refractivity contribution in [3.63, 3.8) is 0 Å². The molecule has 0 radical (unpaired) electrons. The molecule has 0 aliphatic heterocycles. The van der Waals surface area contributed by atoms with Crippen molar-refractivity contribution in [1.29, 1.82) is 0 Å². The van der Waals surface area contributed by atoms with Crippen LogP contribution in [-0.2, 0) is 4.74 Å². The maximum atomic E-state index is 13.5. The number of esters is 1. The monoisotopic (exact) mass is 380 g/mol. The molecule has 2 aromatic carbocycles. The molecule has 6 nitrogen and oxygen atoms in total. The van der Waals surface area contributed by atoms with Crippen molar-refractivity contribution >= 4 is 18.1 Å². The average Bonchev–Trinajstić information content (AvgIpc) is 3.17. The summed E-state index contributed by atoms with van der Waals surface area (Å²) in [6, 6.07) is 15.8. The summed E-state index contributed by atoms with van der Waals surface area (Å²) < 4.78 is 24.1. The van der Waals surface area contributed by atoms with E-state index in [-0.39, 0.29) is 11.5 Å². The Morgan fingerprint density at radius 3 is 2.57 bits per heavy atom. The first-order valence-electron chi connectivity index (χ1n) is 8.54. The van der Waals surface area contributed by atoms with Gasteiger partial charge in [-0.05, 0) is 43.3 Å². The molecule has 1 heterocycles. The zero-order valence-electron chi connectivity index (χ0n) is 15.0. The van der Waals surface area contributed by atoms with Crippen LogP contribution in [0.15, 0.2) is 70.2 Å². The second-order valence-electron chi connectivity index (χ2n) is 5.68. The van der Waals surface area contributed by atoms with Gasteiger partial charge in [0.2, 0.25) is 0 Å². The van der Waals surface area contributed by atoms with Crippen LogP contribution in [0.3, 0.4) is 0 Å². The number of carbonyl (C=O) groups is 2. The molecule has 0 atom stereocenters. The lowest BCUT2D eigenvalue weighted by Gasteiger charge is -2.02. The first-order valence-corrected chi connectivity index (χ1v) is 8.54. The van der Waals surface area contributed by atoms with Crippen molar-refractivity contribution in [1.82, 2.24) is 5.43 Å². The Kier molecular flexibility index (Phi) is 5.96. The molecule has 0 aliphatic rings. The number of hydrazone groups is 1. The summed E-state index contributed by atoms with van der Waals surface area (Å²) >= 11 is 0. The van der Waals surface area contributed by atoms with Gasteiger partial charge in [0, 0.05) is 5.56 Å². The van der Waals surface area contributed by atoms with E-state index in [1.54, 1.807) is 49.4 Å². The van der Waals surface area contributed by atoms with Crippen LogP contribution in [0.1, 0.15) is 33.4 Å². The second-order valence-corrected chi connectivity index (χ2v) is 5.68. The smallest absolute Gasteiger partial charge is 0.338 e. The Bertz CT molecular complexity index is 1010. The van der Waals surface area contributed by atoms with Crippen molar-refractivity contribution in [3.05, 3.63) is 83.4 Å². The molecule has 142 valence electrons. The zero-order chi connectivity index (χ0) is 19.9. The molecule has 0 unspecified atom stereocenters. The third kappa shape index (κ3) is 4.50. The molecule has 0 fully saturated rings. The number of furan rings is 1. The van der Waals surface area contributed by atoms with E-state index in [1.807, 2.05) is 0 Å². The summed E-state index contributed by atoms with van der Waals surface area (Å²) in [5, 5.41) is 3.78. The summed E-state index contributed by atoms with van der Waals surface area (Å²) in [6.07, 6.45) is 1.31. The summed E-state index contributed by atoms with van der Waals surface area (Å²) in [7, 11) is 0. The lowest BCUT2D eigenvalue weighted by atomic mass is 10.1. The highest BCUT2D eigenvalue weighted by atomic mass is 19.1. The highest BCUT2D eigenvalue weighted by molar-refractivity contribution is 5.95. The van der Waals surface area contributed by atoms with E-state index in [9.17, 15) is 14.0 Å². The van der Waals surface area contributed by atoms with Crippen molar-refractivity contribution < 1.29 is 23.1 Å². The average molecular weight is 380 g/mol. The van der Waals surface area contributed by atoms with Gasteiger partial charge in [0.05, 0.1) is 23.9 Å². The minimum atomic E-state index is -0.657. The lowest BCUT2D eigenvalue weighted by Crippen LogP contribution is -2.18. The molecule has 0 bridgehead atoms. The lowest BCUT2D eigenvalue weighted by molar-refractivity contribution is 0.0526. The maximum absolute atomic E-state index is 13.5. The largest absolute Gasteiger partial charge is 0.462 e. The van der Waals surface area contributed by atoms with Gasteiger partial charge >= 0.3 is 5.97 Å². The summed E-state index contributed by atoms with van der Waals surface area (Å²) in [5.74, 6) is -0.695. The number of amides is 1. The summed E-state index contributed by atoms with van der Waals surface area (Å²) in [6.45, 7) is 2.06. The number of ether oxygens (including phenoxy) is 1. The van der Waals surface area contributed by atoms with Crippen LogP contribution in [0.25, 0.3) is 11.3 Å². The van der Waals surface area contributed by atoms with Crippen molar-refractivity contribution in [2.24, 2.45) is 5.10 Å². The fourth-order valence-electron chi connectivity index (χ4n) is 2.42. The molecule has 7 heteroatoms. The molecule has 0 saturated carbocycles. The van der Waals surface area contributed by atoms with Crippen LogP contribution in [-0.4, -0.2) is 24.7 Å². The number of benzene rings is 2. The second kappa shape index (κ2) is 8.77. The van der Waals surface area contributed by atoms with Crippen LogP contribution in [0, 0.1) is 5.82 Å². The Balaban J connectivity index is 1.64. The van der Waals surface area contributed by atoms with Gasteiger partial charge in [0.1, 0.15) is 17.3 Å². The normalized spacial score (nSPS) is 10.8. The minimum absolute atomic E-state index is 0.0959. The third-order valence-electron chi connectivity index (χ3n) is 3.78. The highest BCUT2D eigenvalue weighted by Crippen LogP contribution is 2.22. The molecule has 3 aromatic rings. The van der Waals surface area contributed by atoms with Gasteiger partial charge in [0.15, 0.2) is 0 Å². The van der Waals surface area contributed by atoms with Gasteiger partial charge in [-0.1, -0.05) is 24.3 Å². The first-order chi connectivity index (χ1) is 13.6. The Morgan fingerprint density at radius 1 is 1.11 bits per heavy atom. The van der Waals surface area contributed by atoms with Gasteiger partial charge < -0.3 is 9.15 Å². The SMILES string of the molecule is CCOC(=O)c1ccc(-c2ccc(/C=N/NC(=O)c3ccccc3F)o2)cc1. The van der Waals surface area contributed by atoms with Crippen LogP contribution in [0.2, 0.25) is 0 Å². The van der Waals surface area contributed by atoms with E-state index in [1.165, 1.54) is 24.4 Å². The van der Waals surface area contributed by atoms with Crippen LogP contribution < -0.4 is 5.43 Å². The quantitative estimate of drug-likeness (QED) is 0.398. The van der Waals surface area contributed by atoms with E-state index >= 15 is 0 Å². The predicted octanol–water partition coefficient (Wildman–Crippen LogP) is 4.03. The molecule has 0 spiro atoms. The van der Waals surface area contributed by atoms with Gasteiger partial charge in [-0.15, -0.1) is 0 Å². The van der Waals surface area contributed by atoms with Crippen LogP contribution in [0.5, 0.6) is 0 Å². The van der Waals surface area contributed by atoms with Gasteiger partial charge in [-0.3, -0.25) is 4.79 Å². The standard InChI is InChI=1S/C21H17FN2O4/c1-2-27-21(26)15-9-7-14(8-10-15)19-12-11-16(28-19)13-23-24-20(25)17-5-3-4-6-18(17)22/h3-13H,2H2,1H3,(H,24,25)/b23-13+. The predicted molar refractivity (Wildman–Crippen MR) is 102 cm³/mol. The molecule has 3 rings (SSSR count). The van der Waals surface area contributed by atoms with Crippen LogP contribution >= 0.6 is 0 Å². The van der Waals surface area contributed by atoms with Gasteiger partial charge in [-0.25, -0.2) is 14.6 Å². The van der Waals surface area contributed by atoms with E-state index in [2.05, 4.69) is 10.5 Å². The molecule has 28 heavy (non-hydrogen) atoms. The summed E-state index contributed by atoms with van der Waals surface area (Å²) in [5.41, 5.74) is 3.37. The molecular weight excluding hydrogens is 363 g/mol. The van der Waals surface area contributed by atoms with Crippen molar-refractivity contribution in [2.45, 2.75) is 6.92 Å². The van der Waals surface area contributed by atoms with E-state index in [0.717, 1.165) is 5.56 Å². The first kappa shape index (κ1) is 19.0. The number of carbonyl (C=O) groups excluding carboxylic acids is 2. The van der Waals surface area contributed by atoms with E-state index < -0.39 is 11.7 Å². The topological polar surface area (TPSA) is 80.9 Å². The number of nitrogens with zero attached hydrogens (tertiary/aromatic N) is 1. The fraction of sp³-hybridized carbons (Fsp3) is 0.0952. The summed E-state index contributed by atoms with van der Waals surface area (Å²) in [4.78, 5) is 23.6. The fourth-order valence-corrected chi connectivity index (χ4v) is 2.42. The van der Waals surface area contributed by atoms with Gasteiger partial charge in [0.25, 0.3) is 5.91 Å². The van der Waals surface area contributed by atoms with Crippen molar-refractivity contribution in [3.8, 4) is 11.3 Å². The maximum Gasteiger partial charge on any atom is 0.338 e. The highest BCUT2D eigenvalue weighted by Gasteiger charge is 2.10. The molecular formula is C21H17FN2O4. The molecule has 0 aliphatic carbocycles. The molecule has 1 amide bonds. The molecule has 1 aromatic heterocycles. The molecule has 0 saturated heterocycles. The van der Waals surface area contributed by atoms with E-state index in [4.69, 9.17) is 9.15 Å². The Hall–Kier alpha value is -3.74. The minimum Gasteiger partial charge on any atom is -0.462 e. The Morgan fingerprint density at radius 2 is 1.86 bits per heavy atom. The zero-order valence-corrected chi connectivity index (χ0v) is 15.0. The number of hydrogen-bond donors (Lipinski definition) is 1. The van der Waals surface area contributed by atoms with Crippen LogP contribution in [0.4, 0.5) is 4.39 Å². The number of hydrogen-bond acceptors (Lipinski definition) is 5.